The molecule has 5 aromatic rings. The molecule has 2 aromatic carbocycles. The molecule has 0 atom stereocenters. The van der Waals surface area contributed by atoms with Gasteiger partial charge in [-0.1, -0.05) is 36.4 Å². The zero-order valence-electron chi connectivity index (χ0n) is 39.7. The molecular weight excluding hydrogens is 885 g/mol. The molecule has 0 radical (unpaired) electrons. The molecule has 0 fully saturated rings. The minimum atomic E-state index is -0.514. The van der Waals surface area contributed by atoms with Gasteiger partial charge in [-0.05, 0) is 72.4 Å². The fourth-order valence-electron chi connectivity index (χ4n) is 8.06. The second-order valence-electron chi connectivity index (χ2n) is 16.2. The molecule has 1 aliphatic carbocycles. The molecule has 2 N–H and O–H groups in total. The topological polar surface area (TPSA) is 196 Å². The van der Waals surface area contributed by atoms with Gasteiger partial charge in [-0.2, -0.15) is 0 Å². The maximum atomic E-state index is 14.4. The van der Waals surface area contributed by atoms with Gasteiger partial charge in [0, 0.05) is 109 Å². The van der Waals surface area contributed by atoms with E-state index < -0.39 is 16.7 Å². The third-order valence-corrected chi connectivity index (χ3v) is 11.5. The Morgan fingerprint density at radius 2 is 1.28 bits per heavy atom. The van der Waals surface area contributed by atoms with Gasteiger partial charge in [-0.15, -0.1) is 0 Å². The molecule has 2 aliphatic rings. The minimum Gasteiger partial charge on any atom is -0.494 e. The fourth-order valence-corrected chi connectivity index (χ4v) is 8.06. The fraction of sp³-hybridized carbons (Fsp3) is 0.385. The highest BCUT2D eigenvalue weighted by Gasteiger charge is 2.29. The van der Waals surface area contributed by atoms with Gasteiger partial charge >= 0.3 is 0 Å². The first kappa shape index (κ1) is 50.3. The van der Waals surface area contributed by atoms with E-state index in [1.165, 1.54) is 9.13 Å². The molecule has 69 heavy (non-hydrogen) atoms. The van der Waals surface area contributed by atoms with Crippen LogP contribution in [0.4, 0.5) is 5.69 Å². The van der Waals surface area contributed by atoms with E-state index in [-0.39, 0.29) is 48.5 Å². The summed E-state index contributed by atoms with van der Waals surface area (Å²) in [5, 5.41) is 16.5. The summed E-state index contributed by atoms with van der Waals surface area (Å²) in [4.78, 5) is 56.9. The summed E-state index contributed by atoms with van der Waals surface area (Å²) in [5.41, 5.74) is 3.81. The SMILES string of the molecule is COCCCN=c1cc2c(=O)n(CCCOC)c(=O)c3c(NCCOc4ccc(/C=C/c5ccc(-c6ccc(COCCOCCOC)cn6)nc5)cc4)cc4c(O)n(CCCOC)c(=O)c1c4c3-2. The zero-order chi connectivity index (χ0) is 48.5. The third kappa shape index (κ3) is 12.4. The molecule has 17 nitrogen and oxygen atoms in total. The number of methoxy groups -OCH3 is 4. The first-order valence-corrected chi connectivity index (χ1v) is 23.0. The highest BCUT2D eigenvalue weighted by atomic mass is 16.5. The number of nitrogens with one attached hydrogen (secondary N) is 1. The van der Waals surface area contributed by atoms with E-state index in [4.69, 9.17) is 38.2 Å². The Kier molecular flexibility index (Phi) is 18.3. The summed E-state index contributed by atoms with van der Waals surface area (Å²) in [6.45, 7) is 4.83. The van der Waals surface area contributed by atoms with Crippen molar-refractivity contribution in [2.24, 2.45) is 4.99 Å². The number of anilines is 1. The van der Waals surface area contributed by atoms with Gasteiger partial charge in [0.25, 0.3) is 16.7 Å². The summed E-state index contributed by atoms with van der Waals surface area (Å²) in [5.74, 6) is 0.363. The van der Waals surface area contributed by atoms with Crippen LogP contribution in [0.15, 0.2) is 92.4 Å². The van der Waals surface area contributed by atoms with Crippen molar-refractivity contribution in [1.82, 2.24) is 19.1 Å². The third-order valence-electron chi connectivity index (χ3n) is 11.5. The quantitative estimate of drug-likeness (QED) is 0.0450. The lowest BCUT2D eigenvalue weighted by molar-refractivity contribution is 0.0199. The van der Waals surface area contributed by atoms with Crippen LogP contribution in [0.5, 0.6) is 11.6 Å². The minimum absolute atomic E-state index is 0.120. The van der Waals surface area contributed by atoms with Crippen LogP contribution in [-0.4, -0.2) is 119 Å². The van der Waals surface area contributed by atoms with Gasteiger partial charge in [-0.3, -0.25) is 38.5 Å². The average Bonchev–Trinajstić information content (AvgIpc) is 3.37. The van der Waals surface area contributed by atoms with Crippen molar-refractivity contribution in [3.8, 4) is 34.1 Å². The van der Waals surface area contributed by atoms with Crippen LogP contribution in [0.2, 0.25) is 0 Å². The Hall–Kier alpha value is -6.60. The van der Waals surface area contributed by atoms with Crippen LogP contribution in [0.1, 0.15) is 36.0 Å². The van der Waals surface area contributed by atoms with E-state index in [2.05, 4.69) is 15.3 Å². The summed E-state index contributed by atoms with van der Waals surface area (Å²) in [6, 6.07) is 18.8. The number of rotatable bonds is 28. The van der Waals surface area contributed by atoms with Crippen molar-refractivity contribution in [2.75, 3.05) is 99.7 Å². The molecule has 0 amide bonds. The van der Waals surface area contributed by atoms with Gasteiger partial charge in [0.2, 0.25) is 5.88 Å². The molecule has 1 aliphatic heterocycles. The van der Waals surface area contributed by atoms with Crippen LogP contribution < -0.4 is 32.1 Å². The number of aromatic hydroxyl groups is 1. The van der Waals surface area contributed by atoms with E-state index in [0.29, 0.717) is 112 Å². The standard InChI is InChI=1S/C52H60N6O11/c1-63-22-5-18-53-43-30-39-46-45-40(50(60)57(20-6-23-64-2)51(61)47(43)45)31-44(48(46)52(62)58(49(39)59)21-7-24-65-3)54-19-25-69-38-14-10-35(11-15-38)8-9-36-12-16-41(55-32-36)42-17-13-37(33-56-42)34-68-29-28-67-27-26-66-4/h8-17,30-33,54,60H,5-7,18-29,34H2,1-4H3/b9-8+,53-43?. The normalized spacial score (nSPS) is 12.1. The number of hydrogen-bond acceptors (Lipinski definition) is 15. The van der Waals surface area contributed by atoms with E-state index >= 15 is 0 Å². The molecule has 17 heteroatoms. The summed E-state index contributed by atoms with van der Waals surface area (Å²) in [6.07, 6.45) is 9.04. The van der Waals surface area contributed by atoms with Crippen LogP contribution in [0, 0.1) is 0 Å². The molecule has 0 spiro atoms. The second-order valence-corrected chi connectivity index (χ2v) is 16.2. The average molecular weight is 945 g/mol. The number of ether oxygens (including phenoxy) is 7. The van der Waals surface area contributed by atoms with Crippen LogP contribution >= 0.6 is 0 Å². The maximum Gasteiger partial charge on any atom is 0.263 e. The smallest absolute Gasteiger partial charge is 0.263 e. The van der Waals surface area contributed by atoms with Crippen LogP contribution in [-0.2, 0) is 48.1 Å². The van der Waals surface area contributed by atoms with Gasteiger partial charge in [0.05, 0.1) is 66.1 Å². The number of pyridine rings is 4. The summed E-state index contributed by atoms with van der Waals surface area (Å²) < 4.78 is 40.4. The first-order chi connectivity index (χ1) is 33.8. The predicted molar refractivity (Wildman–Crippen MR) is 266 cm³/mol. The van der Waals surface area contributed by atoms with Crippen molar-refractivity contribution in [1.29, 1.82) is 0 Å². The monoisotopic (exact) mass is 944 g/mol. The number of hydrogen-bond donors (Lipinski definition) is 2. The lowest BCUT2D eigenvalue weighted by atomic mass is 9.89. The lowest BCUT2D eigenvalue weighted by Gasteiger charge is -2.22. The van der Waals surface area contributed by atoms with Crippen LogP contribution in [0.3, 0.4) is 0 Å². The Morgan fingerprint density at radius 3 is 1.97 bits per heavy atom. The first-order valence-electron chi connectivity index (χ1n) is 23.0. The molecule has 3 aromatic heterocycles. The molecule has 0 bridgehead atoms. The van der Waals surface area contributed by atoms with E-state index in [9.17, 15) is 19.5 Å². The molecular formula is C52H60N6O11. The Labute approximate surface area is 399 Å². The molecule has 4 heterocycles. The molecule has 7 rings (SSSR count). The number of benzene rings is 3. The highest BCUT2D eigenvalue weighted by Crippen LogP contribution is 2.40. The second kappa shape index (κ2) is 25.1. The zero-order valence-corrected chi connectivity index (χ0v) is 39.7. The van der Waals surface area contributed by atoms with E-state index in [0.717, 1.165) is 28.1 Å². The molecule has 0 saturated heterocycles. The molecule has 0 saturated carbocycles. The van der Waals surface area contributed by atoms with Crippen molar-refractivity contribution in [2.45, 2.75) is 39.0 Å². The number of nitrogens with zero attached hydrogens (tertiary/aromatic N) is 5. The summed E-state index contributed by atoms with van der Waals surface area (Å²) in [7, 11) is 6.37. The van der Waals surface area contributed by atoms with Crippen molar-refractivity contribution < 1.29 is 38.3 Å². The number of aromatic nitrogens is 4. The Bertz CT molecular complexity index is 2980. The van der Waals surface area contributed by atoms with Crippen molar-refractivity contribution >= 4 is 39.4 Å². The van der Waals surface area contributed by atoms with Gasteiger partial charge in [0.1, 0.15) is 12.4 Å². The molecule has 0 unspecified atom stereocenters. The largest absolute Gasteiger partial charge is 0.494 e. The van der Waals surface area contributed by atoms with E-state index in [1.807, 2.05) is 60.7 Å². The lowest BCUT2D eigenvalue weighted by Crippen LogP contribution is -2.37. The summed E-state index contributed by atoms with van der Waals surface area (Å²) >= 11 is 0. The van der Waals surface area contributed by atoms with E-state index in [1.54, 1.807) is 53.0 Å². The van der Waals surface area contributed by atoms with Gasteiger partial charge in [-0.25, -0.2) is 0 Å². The Balaban J connectivity index is 1.06. The Morgan fingerprint density at radius 1 is 0.638 bits per heavy atom. The van der Waals surface area contributed by atoms with Gasteiger partial charge in [0.15, 0.2) is 0 Å². The highest BCUT2D eigenvalue weighted by molar-refractivity contribution is 6.18. The van der Waals surface area contributed by atoms with Crippen molar-refractivity contribution in [3.05, 3.63) is 126 Å². The van der Waals surface area contributed by atoms with Gasteiger partial charge < -0.3 is 43.6 Å². The maximum absolute atomic E-state index is 14.4. The predicted octanol–water partition coefficient (Wildman–Crippen LogP) is 5.67. The van der Waals surface area contributed by atoms with Crippen molar-refractivity contribution in [3.63, 3.8) is 0 Å². The van der Waals surface area contributed by atoms with Crippen LogP contribution in [0.25, 0.3) is 56.2 Å². The molecule has 364 valence electrons.